The van der Waals surface area contributed by atoms with E-state index in [2.05, 4.69) is 28.1 Å². The predicted molar refractivity (Wildman–Crippen MR) is 80.5 cm³/mol. The maximum Gasteiger partial charge on any atom is 0.192 e. The maximum atomic E-state index is 6.18. The lowest BCUT2D eigenvalue weighted by molar-refractivity contribution is 0.237. The molecule has 1 fully saturated rings. The van der Waals surface area contributed by atoms with Gasteiger partial charge >= 0.3 is 0 Å². The SMILES string of the molecule is CCn1cc(C2CN=C(N)N2C2CCCCCC2)cn1. The van der Waals surface area contributed by atoms with Crippen LogP contribution in [0.3, 0.4) is 0 Å². The van der Waals surface area contributed by atoms with E-state index in [1.807, 2.05) is 10.9 Å². The average molecular weight is 275 g/mol. The molecule has 20 heavy (non-hydrogen) atoms. The van der Waals surface area contributed by atoms with E-state index >= 15 is 0 Å². The molecule has 0 radical (unpaired) electrons. The Morgan fingerprint density at radius 1 is 1.25 bits per heavy atom. The molecule has 3 rings (SSSR count). The summed E-state index contributed by atoms with van der Waals surface area (Å²) in [6.07, 6.45) is 12.0. The van der Waals surface area contributed by atoms with Crippen LogP contribution in [0, 0.1) is 0 Å². The van der Waals surface area contributed by atoms with Gasteiger partial charge in [0.05, 0.1) is 18.8 Å². The Hall–Kier alpha value is -1.52. The molecule has 1 atom stereocenters. The highest BCUT2D eigenvalue weighted by molar-refractivity contribution is 5.80. The summed E-state index contributed by atoms with van der Waals surface area (Å²) in [6.45, 7) is 3.80. The zero-order valence-electron chi connectivity index (χ0n) is 12.3. The largest absolute Gasteiger partial charge is 0.370 e. The van der Waals surface area contributed by atoms with Crippen molar-refractivity contribution in [2.75, 3.05) is 6.54 Å². The van der Waals surface area contributed by atoms with Gasteiger partial charge in [0.2, 0.25) is 0 Å². The molecule has 2 aliphatic rings. The molecule has 0 aromatic carbocycles. The maximum absolute atomic E-state index is 6.18. The summed E-state index contributed by atoms with van der Waals surface area (Å²) in [7, 11) is 0. The molecule has 1 aromatic heterocycles. The molecule has 0 amide bonds. The van der Waals surface area contributed by atoms with Gasteiger partial charge in [0, 0.05) is 24.3 Å². The molecule has 2 N–H and O–H groups in total. The number of nitrogens with two attached hydrogens (primary N) is 1. The number of hydrogen-bond acceptors (Lipinski definition) is 4. The van der Waals surface area contributed by atoms with Gasteiger partial charge in [0.1, 0.15) is 0 Å². The van der Waals surface area contributed by atoms with Crippen LogP contribution in [0.15, 0.2) is 17.4 Å². The molecule has 1 aliphatic heterocycles. The summed E-state index contributed by atoms with van der Waals surface area (Å²) in [5.41, 5.74) is 7.43. The predicted octanol–water partition coefficient (Wildman–Crippen LogP) is 2.30. The first-order chi connectivity index (χ1) is 9.79. The second-order valence-electron chi connectivity index (χ2n) is 5.90. The Morgan fingerprint density at radius 3 is 2.65 bits per heavy atom. The summed E-state index contributed by atoms with van der Waals surface area (Å²) in [5.74, 6) is 0.728. The van der Waals surface area contributed by atoms with Crippen molar-refractivity contribution in [2.45, 2.75) is 64.1 Å². The number of hydrogen-bond donors (Lipinski definition) is 1. The van der Waals surface area contributed by atoms with E-state index in [-0.39, 0.29) is 0 Å². The standard InChI is InChI=1S/C15H25N5/c1-2-19-11-12(9-18-19)14-10-17-15(16)20(14)13-7-5-3-4-6-8-13/h9,11,13-14H,2-8,10H2,1H3,(H2,16,17). The highest BCUT2D eigenvalue weighted by Gasteiger charge is 2.34. The third-order valence-electron chi connectivity index (χ3n) is 4.61. The van der Waals surface area contributed by atoms with E-state index in [0.29, 0.717) is 12.1 Å². The van der Waals surface area contributed by atoms with Crippen LogP contribution in [-0.4, -0.2) is 33.2 Å². The van der Waals surface area contributed by atoms with Crippen LogP contribution in [0.2, 0.25) is 0 Å². The Kier molecular flexibility index (Phi) is 3.94. The molecule has 1 aromatic rings. The van der Waals surface area contributed by atoms with Crippen molar-refractivity contribution in [1.82, 2.24) is 14.7 Å². The van der Waals surface area contributed by atoms with Crippen molar-refractivity contribution >= 4 is 5.96 Å². The van der Waals surface area contributed by atoms with E-state index in [9.17, 15) is 0 Å². The van der Waals surface area contributed by atoms with Crippen LogP contribution < -0.4 is 5.73 Å². The zero-order valence-corrected chi connectivity index (χ0v) is 12.3. The van der Waals surface area contributed by atoms with Gasteiger partial charge in [-0.3, -0.25) is 9.67 Å². The van der Waals surface area contributed by atoms with Gasteiger partial charge in [0.25, 0.3) is 0 Å². The molecule has 1 unspecified atom stereocenters. The monoisotopic (exact) mass is 275 g/mol. The van der Waals surface area contributed by atoms with Crippen LogP contribution in [0.5, 0.6) is 0 Å². The molecule has 1 aliphatic carbocycles. The first-order valence-corrected chi connectivity index (χ1v) is 7.90. The summed E-state index contributed by atoms with van der Waals surface area (Å²) >= 11 is 0. The number of aryl methyl sites for hydroxylation is 1. The fourth-order valence-corrected chi connectivity index (χ4v) is 3.48. The molecule has 5 nitrogen and oxygen atoms in total. The van der Waals surface area contributed by atoms with Crippen LogP contribution >= 0.6 is 0 Å². The number of rotatable bonds is 3. The molecule has 5 heteroatoms. The second kappa shape index (κ2) is 5.85. The number of aromatic nitrogens is 2. The van der Waals surface area contributed by atoms with Gasteiger partial charge in [-0.2, -0.15) is 5.10 Å². The molecular weight excluding hydrogens is 250 g/mol. The van der Waals surface area contributed by atoms with Crippen molar-refractivity contribution in [3.8, 4) is 0 Å². The molecule has 2 heterocycles. The Labute approximate surface area is 120 Å². The van der Waals surface area contributed by atoms with Crippen molar-refractivity contribution < 1.29 is 0 Å². The highest BCUT2D eigenvalue weighted by atomic mass is 15.3. The van der Waals surface area contributed by atoms with Crippen molar-refractivity contribution in [2.24, 2.45) is 10.7 Å². The molecule has 0 bridgehead atoms. The second-order valence-corrected chi connectivity index (χ2v) is 5.90. The summed E-state index contributed by atoms with van der Waals surface area (Å²) in [6, 6.07) is 0.845. The van der Waals surface area contributed by atoms with Gasteiger partial charge < -0.3 is 10.6 Å². The molecule has 0 saturated heterocycles. The highest BCUT2D eigenvalue weighted by Crippen LogP contribution is 2.32. The van der Waals surface area contributed by atoms with Gasteiger partial charge in [-0.15, -0.1) is 0 Å². The van der Waals surface area contributed by atoms with E-state index in [0.717, 1.165) is 19.0 Å². The summed E-state index contributed by atoms with van der Waals surface area (Å²) in [5, 5.41) is 4.40. The zero-order chi connectivity index (χ0) is 13.9. The van der Waals surface area contributed by atoms with Crippen molar-refractivity contribution in [3.05, 3.63) is 18.0 Å². The minimum atomic E-state index is 0.290. The van der Waals surface area contributed by atoms with E-state index < -0.39 is 0 Å². The minimum absolute atomic E-state index is 0.290. The Morgan fingerprint density at radius 2 is 2.00 bits per heavy atom. The molecule has 0 spiro atoms. The summed E-state index contributed by atoms with van der Waals surface area (Å²) < 4.78 is 1.98. The fraction of sp³-hybridized carbons (Fsp3) is 0.733. The van der Waals surface area contributed by atoms with E-state index in [4.69, 9.17) is 5.73 Å². The lowest BCUT2D eigenvalue weighted by atomic mass is 10.0. The lowest BCUT2D eigenvalue weighted by Gasteiger charge is -2.33. The van der Waals surface area contributed by atoms with Crippen LogP contribution in [-0.2, 0) is 6.54 Å². The number of nitrogens with zero attached hydrogens (tertiary/aromatic N) is 4. The Bertz CT molecular complexity index is 470. The van der Waals surface area contributed by atoms with Gasteiger partial charge in [0.15, 0.2) is 5.96 Å². The van der Waals surface area contributed by atoms with Crippen LogP contribution in [0.1, 0.15) is 57.1 Å². The third-order valence-corrected chi connectivity index (χ3v) is 4.61. The smallest absolute Gasteiger partial charge is 0.192 e. The average Bonchev–Trinajstić information content (AvgIpc) is 2.98. The normalized spacial score (nSPS) is 24.8. The van der Waals surface area contributed by atoms with E-state index in [1.54, 1.807) is 0 Å². The summed E-state index contributed by atoms with van der Waals surface area (Å²) in [4.78, 5) is 6.86. The first kappa shape index (κ1) is 13.5. The van der Waals surface area contributed by atoms with Crippen LogP contribution in [0.4, 0.5) is 0 Å². The van der Waals surface area contributed by atoms with Crippen molar-refractivity contribution in [3.63, 3.8) is 0 Å². The Balaban J connectivity index is 1.80. The van der Waals surface area contributed by atoms with Gasteiger partial charge in [-0.1, -0.05) is 25.7 Å². The number of aliphatic imine (C=N–C) groups is 1. The van der Waals surface area contributed by atoms with Gasteiger partial charge in [-0.25, -0.2) is 0 Å². The number of guanidine groups is 1. The molecule has 110 valence electrons. The first-order valence-electron chi connectivity index (χ1n) is 7.90. The fourth-order valence-electron chi connectivity index (χ4n) is 3.48. The van der Waals surface area contributed by atoms with Gasteiger partial charge in [-0.05, 0) is 19.8 Å². The van der Waals surface area contributed by atoms with Crippen molar-refractivity contribution in [1.29, 1.82) is 0 Å². The lowest BCUT2D eigenvalue weighted by Crippen LogP contribution is -2.43. The quantitative estimate of drug-likeness (QED) is 0.861. The molecule has 1 saturated carbocycles. The minimum Gasteiger partial charge on any atom is -0.370 e. The van der Waals surface area contributed by atoms with Crippen LogP contribution in [0.25, 0.3) is 0 Å². The van der Waals surface area contributed by atoms with E-state index in [1.165, 1.54) is 44.1 Å². The molecular formula is C15H25N5. The third kappa shape index (κ3) is 2.53. The topological polar surface area (TPSA) is 59.4 Å².